The lowest BCUT2D eigenvalue weighted by Crippen LogP contribution is -2.35. The molecule has 1 fully saturated rings. The zero-order valence-corrected chi connectivity index (χ0v) is 9.21. The van der Waals surface area contributed by atoms with Crippen molar-refractivity contribution in [1.29, 1.82) is 0 Å². The van der Waals surface area contributed by atoms with Crippen LogP contribution in [-0.2, 0) is 9.53 Å². The minimum atomic E-state index is 0.517. The highest BCUT2D eigenvalue weighted by atomic mass is 16.5. The Morgan fingerprint density at radius 1 is 1.38 bits per heavy atom. The van der Waals surface area contributed by atoms with Crippen LogP contribution >= 0.6 is 0 Å². The number of hydrogen-bond acceptors (Lipinski definition) is 4. The molecule has 0 radical (unpaired) electrons. The molecule has 0 atom stereocenters. The lowest BCUT2D eigenvalue weighted by atomic mass is 9.97. The van der Waals surface area contributed by atoms with Crippen LogP contribution in [0.15, 0.2) is 24.5 Å². The Kier molecular flexibility index (Phi) is 3.75. The number of anilines is 1. The maximum atomic E-state index is 10.1. The van der Waals surface area contributed by atoms with E-state index in [1.807, 2.05) is 24.5 Å². The monoisotopic (exact) mass is 220 g/mol. The van der Waals surface area contributed by atoms with Crippen molar-refractivity contribution in [3.05, 3.63) is 24.5 Å². The minimum Gasteiger partial charge on any atom is -0.468 e. The van der Waals surface area contributed by atoms with Crippen LogP contribution in [0.25, 0.3) is 0 Å². The molecule has 1 aromatic rings. The van der Waals surface area contributed by atoms with Crippen LogP contribution < -0.4 is 4.90 Å². The van der Waals surface area contributed by atoms with Gasteiger partial charge >= 0.3 is 0 Å². The molecule has 0 amide bonds. The number of carbonyl (C=O) groups excluding carboxylic acids is 1. The zero-order valence-electron chi connectivity index (χ0n) is 9.21. The van der Waals surface area contributed by atoms with Gasteiger partial charge < -0.3 is 9.64 Å². The fourth-order valence-electron chi connectivity index (χ4n) is 2.09. The summed E-state index contributed by atoms with van der Waals surface area (Å²) in [5.74, 6) is 0.517. The molecule has 0 bridgehead atoms. The van der Waals surface area contributed by atoms with Gasteiger partial charge in [0.05, 0.1) is 6.61 Å². The number of piperidine rings is 1. The molecule has 0 aliphatic carbocycles. The molecule has 2 heterocycles. The summed E-state index contributed by atoms with van der Waals surface area (Å²) >= 11 is 0. The van der Waals surface area contributed by atoms with Gasteiger partial charge in [-0.25, -0.2) is 0 Å². The molecule has 0 spiro atoms. The molecular weight excluding hydrogens is 204 g/mol. The smallest absolute Gasteiger partial charge is 0.293 e. The van der Waals surface area contributed by atoms with Crippen molar-refractivity contribution in [2.75, 3.05) is 24.6 Å². The van der Waals surface area contributed by atoms with Gasteiger partial charge in [-0.2, -0.15) is 0 Å². The molecule has 0 unspecified atom stereocenters. The molecule has 2 rings (SSSR count). The van der Waals surface area contributed by atoms with E-state index in [9.17, 15) is 4.79 Å². The van der Waals surface area contributed by atoms with E-state index in [1.54, 1.807) is 0 Å². The first-order chi connectivity index (χ1) is 7.90. The quantitative estimate of drug-likeness (QED) is 0.721. The Balaban J connectivity index is 1.83. The number of ether oxygens (including phenoxy) is 1. The standard InChI is InChI=1S/C12H16N2O2/c15-10-16-9-11-3-7-14(8-4-11)12-1-5-13-6-2-12/h1-2,5-6,10-11H,3-4,7-9H2. The Bertz CT molecular complexity index is 321. The summed E-state index contributed by atoms with van der Waals surface area (Å²) in [4.78, 5) is 16.5. The molecular formula is C12H16N2O2. The van der Waals surface area contributed by atoms with Crippen LogP contribution in [0, 0.1) is 5.92 Å². The lowest BCUT2D eigenvalue weighted by Gasteiger charge is -2.33. The molecule has 1 saturated heterocycles. The van der Waals surface area contributed by atoms with Crippen LogP contribution in [-0.4, -0.2) is 31.2 Å². The summed E-state index contributed by atoms with van der Waals surface area (Å²) < 4.78 is 4.80. The third kappa shape index (κ3) is 2.72. The van der Waals surface area contributed by atoms with E-state index < -0.39 is 0 Å². The first kappa shape index (κ1) is 10.9. The van der Waals surface area contributed by atoms with Crippen molar-refractivity contribution < 1.29 is 9.53 Å². The van der Waals surface area contributed by atoms with Crippen molar-refractivity contribution in [3.8, 4) is 0 Å². The van der Waals surface area contributed by atoms with E-state index >= 15 is 0 Å². The van der Waals surface area contributed by atoms with E-state index in [1.165, 1.54) is 5.69 Å². The van der Waals surface area contributed by atoms with E-state index in [0.29, 0.717) is 19.0 Å². The number of carbonyl (C=O) groups is 1. The maximum Gasteiger partial charge on any atom is 0.293 e. The third-order valence-corrected chi connectivity index (χ3v) is 3.04. The normalized spacial score (nSPS) is 17.1. The van der Waals surface area contributed by atoms with Crippen LogP contribution in [0.5, 0.6) is 0 Å². The van der Waals surface area contributed by atoms with Crippen LogP contribution in [0.1, 0.15) is 12.8 Å². The number of hydrogen-bond donors (Lipinski definition) is 0. The maximum absolute atomic E-state index is 10.1. The van der Waals surface area contributed by atoms with E-state index in [2.05, 4.69) is 9.88 Å². The van der Waals surface area contributed by atoms with Crippen molar-refractivity contribution in [2.24, 2.45) is 5.92 Å². The average Bonchev–Trinajstić information content (AvgIpc) is 2.38. The SMILES string of the molecule is O=COCC1CCN(c2ccncc2)CC1. The van der Waals surface area contributed by atoms with Gasteiger partial charge in [0.25, 0.3) is 6.47 Å². The molecule has 86 valence electrons. The summed E-state index contributed by atoms with van der Waals surface area (Å²) in [5.41, 5.74) is 1.23. The van der Waals surface area contributed by atoms with Gasteiger partial charge in [0.2, 0.25) is 0 Å². The zero-order chi connectivity index (χ0) is 11.2. The van der Waals surface area contributed by atoms with E-state index in [4.69, 9.17) is 4.74 Å². The van der Waals surface area contributed by atoms with Crippen LogP contribution in [0.4, 0.5) is 5.69 Å². The molecule has 1 aromatic heterocycles. The van der Waals surface area contributed by atoms with Crippen molar-refractivity contribution >= 4 is 12.2 Å². The number of nitrogens with zero attached hydrogens (tertiary/aromatic N) is 2. The number of pyridine rings is 1. The third-order valence-electron chi connectivity index (χ3n) is 3.04. The fourth-order valence-corrected chi connectivity index (χ4v) is 2.09. The molecule has 1 aliphatic heterocycles. The van der Waals surface area contributed by atoms with Gasteiger partial charge in [-0.05, 0) is 30.9 Å². The molecule has 1 aliphatic rings. The minimum absolute atomic E-state index is 0.517. The summed E-state index contributed by atoms with van der Waals surface area (Å²) in [7, 11) is 0. The highest BCUT2D eigenvalue weighted by Gasteiger charge is 2.19. The van der Waals surface area contributed by atoms with Gasteiger partial charge in [0, 0.05) is 31.2 Å². The van der Waals surface area contributed by atoms with Crippen LogP contribution in [0.3, 0.4) is 0 Å². The Morgan fingerprint density at radius 3 is 2.69 bits per heavy atom. The molecule has 4 nitrogen and oxygen atoms in total. The number of aromatic nitrogens is 1. The second kappa shape index (κ2) is 5.49. The number of rotatable bonds is 4. The molecule has 0 aromatic carbocycles. The Morgan fingerprint density at radius 2 is 2.06 bits per heavy atom. The molecule has 4 heteroatoms. The molecule has 0 N–H and O–H groups in total. The van der Waals surface area contributed by atoms with E-state index in [0.717, 1.165) is 25.9 Å². The summed E-state index contributed by atoms with van der Waals surface area (Å²) in [6.07, 6.45) is 5.79. The highest BCUT2D eigenvalue weighted by Crippen LogP contribution is 2.22. The molecule has 0 saturated carbocycles. The lowest BCUT2D eigenvalue weighted by molar-refractivity contribution is -0.130. The predicted octanol–water partition coefficient (Wildman–Crippen LogP) is 1.47. The molecule has 16 heavy (non-hydrogen) atoms. The van der Waals surface area contributed by atoms with E-state index in [-0.39, 0.29) is 0 Å². The van der Waals surface area contributed by atoms with Gasteiger partial charge in [0.15, 0.2) is 0 Å². The Labute approximate surface area is 95.2 Å². The second-order valence-corrected chi connectivity index (χ2v) is 4.07. The predicted molar refractivity (Wildman–Crippen MR) is 61.2 cm³/mol. The fraction of sp³-hybridized carbons (Fsp3) is 0.500. The van der Waals surface area contributed by atoms with Crippen LogP contribution in [0.2, 0.25) is 0 Å². The summed E-state index contributed by atoms with van der Waals surface area (Å²) in [5, 5.41) is 0. The highest BCUT2D eigenvalue weighted by molar-refractivity contribution is 5.44. The first-order valence-electron chi connectivity index (χ1n) is 5.60. The van der Waals surface area contributed by atoms with Crippen molar-refractivity contribution in [2.45, 2.75) is 12.8 Å². The second-order valence-electron chi connectivity index (χ2n) is 4.07. The van der Waals surface area contributed by atoms with Gasteiger partial charge in [-0.3, -0.25) is 9.78 Å². The van der Waals surface area contributed by atoms with Crippen molar-refractivity contribution in [3.63, 3.8) is 0 Å². The largest absolute Gasteiger partial charge is 0.468 e. The summed E-state index contributed by atoms with van der Waals surface area (Å²) in [6, 6.07) is 4.06. The topological polar surface area (TPSA) is 42.4 Å². The average molecular weight is 220 g/mol. The van der Waals surface area contributed by atoms with Gasteiger partial charge in [-0.15, -0.1) is 0 Å². The first-order valence-corrected chi connectivity index (χ1v) is 5.60. The van der Waals surface area contributed by atoms with Gasteiger partial charge in [-0.1, -0.05) is 0 Å². The van der Waals surface area contributed by atoms with Gasteiger partial charge in [0.1, 0.15) is 0 Å². The summed E-state index contributed by atoms with van der Waals surface area (Å²) in [6.45, 7) is 3.15. The van der Waals surface area contributed by atoms with Crippen molar-refractivity contribution in [1.82, 2.24) is 4.98 Å². The Hall–Kier alpha value is -1.58.